The van der Waals surface area contributed by atoms with Gasteiger partial charge < -0.3 is 14.6 Å². The van der Waals surface area contributed by atoms with E-state index >= 15 is 0 Å². The second-order valence-corrected chi connectivity index (χ2v) is 7.47. The van der Waals surface area contributed by atoms with Crippen molar-refractivity contribution in [2.75, 3.05) is 13.7 Å². The van der Waals surface area contributed by atoms with Gasteiger partial charge in [-0.15, -0.1) is 10.2 Å². The van der Waals surface area contributed by atoms with E-state index in [2.05, 4.69) is 15.5 Å². The summed E-state index contributed by atoms with van der Waals surface area (Å²) >= 11 is 1.40. The first kappa shape index (κ1) is 21.0. The van der Waals surface area contributed by atoms with E-state index in [0.29, 0.717) is 28.7 Å². The first-order valence-electron chi connectivity index (χ1n) is 9.16. The summed E-state index contributed by atoms with van der Waals surface area (Å²) in [6.45, 7) is -0.0297. The first-order chi connectivity index (χ1) is 14.1. The van der Waals surface area contributed by atoms with Crippen molar-refractivity contribution in [2.45, 2.75) is 23.4 Å². The van der Waals surface area contributed by atoms with Gasteiger partial charge in [0.25, 0.3) is 0 Å². The van der Waals surface area contributed by atoms with Gasteiger partial charge in [-0.1, -0.05) is 60.3 Å². The predicted octanol–water partition coefficient (Wildman–Crippen LogP) is 3.29. The lowest BCUT2D eigenvalue weighted by molar-refractivity contribution is -0.125. The maximum absolute atomic E-state index is 13.9. The Bertz CT molecular complexity index is 949. The summed E-state index contributed by atoms with van der Waals surface area (Å²) in [5, 5.41) is 12.2. The number of nitrogens with one attached hydrogen (secondary N) is 1. The Hall–Kier alpha value is -2.71. The lowest BCUT2D eigenvalue weighted by atomic mass is 10.1. The van der Waals surface area contributed by atoms with Crippen LogP contribution in [-0.2, 0) is 28.8 Å². The van der Waals surface area contributed by atoms with Crippen molar-refractivity contribution in [2.24, 2.45) is 7.05 Å². The molecule has 0 bridgehead atoms. The minimum Gasteiger partial charge on any atom is -0.375 e. The lowest BCUT2D eigenvalue weighted by Gasteiger charge is -2.18. The Morgan fingerprint density at radius 1 is 1.17 bits per heavy atom. The van der Waals surface area contributed by atoms with Crippen LogP contribution in [0.3, 0.4) is 0 Å². The van der Waals surface area contributed by atoms with E-state index in [9.17, 15) is 9.18 Å². The number of benzene rings is 2. The second kappa shape index (κ2) is 10.2. The Kier molecular flexibility index (Phi) is 7.37. The molecule has 2 aromatic carbocycles. The van der Waals surface area contributed by atoms with Crippen molar-refractivity contribution < 1.29 is 13.9 Å². The molecular formula is C21H23FN4O2S. The number of nitrogens with zero attached hydrogens (tertiary/aromatic N) is 3. The summed E-state index contributed by atoms with van der Waals surface area (Å²) in [4.78, 5) is 12.1. The summed E-state index contributed by atoms with van der Waals surface area (Å²) in [5.41, 5.74) is 1.68. The maximum Gasteiger partial charge on any atom is 0.246 e. The topological polar surface area (TPSA) is 69.0 Å². The van der Waals surface area contributed by atoms with Crippen molar-refractivity contribution in [3.8, 4) is 0 Å². The molecule has 0 aliphatic carbocycles. The van der Waals surface area contributed by atoms with Gasteiger partial charge >= 0.3 is 0 Å². The smallest absolute Gasteiger partial charge is 0.246 e. The Morgan fingerprint density at radius 3 is 2.62 bits per heavy atom. The van der Waals surface area contributed by atoms with Gasteiger partial charge in [0.05, 0.1) is 6.04 Å². The summed E-state index contributed by atoms with van der Waals surface area (Å²) in [6, 6.07) is 16.2. The third kappa shape index (κ3) is 5.65. The van der Waals surface area contributed by atoms with Crippen molar-refractivity contribution >= 4 is 17.7 Å². The summed E-state index contributed by atoms with van der Waals surface area (Å²) < 4.78 is 20.6. The highest BCUT2D eigenvalue weighted by Gasteiger charge is 2.22. The fourth-order valence-corrected chi connectivity index (χ4v) is 3.84. The lowest BCUT2D eigenvalue weighted by Crippen LogP contribution is -2.34. The number of halogens is 1. The quantitative estimate of drug-likeness (QED) is 0.544. The minimum absolute atomic E-state index is 0.0297. The van der Waals surface area contributed by atoms with E-state index in [-0.39, 0.29) is 24.4 Å². The molecule has 0 unspecified atom stereocenters. The predicted molar refractivity (Wildman–Crippen MR) is 110 cm³/mol. The third-order valence-electron chi connectivity index (χ3n) is 4.39. The normalized spacial score (nSPS) is 12.0. The molecule has 1 atom stereocenters. The van der Waals surface area contributed by atoms with E-state index in [1.54, 1.807) is 12.1 Å². The first-order valence-corrected chi connectivity index (χ1v) is 10.1. The zero-order valence-corrected chi connectivity index (χ0v) is 17.2. The minimum atomic E-state index is -0.361. The average molecular weight is 415 g/mol. The molecule has 3 rings (SSSR count). The van der Waals surface area contributed by atoms with Crippen molar-refractivity contribution in [1.82, 2.24) is 20.1 Å². The highest BCUT2D eigenvalue weighted by Crippen LogP contribution is 2.25. The Morgan fingerprint density at radius 2 is 1.90 bits per heavy atom. The molecule has 0 saturated carbocycles. The van der Waals surface area contributed by atoms with E-state index in [1.165, 1.54) is 24.9 Å². The standard InChI is InChI=1S/C21H23FN4O2S/c1-26-20(24-25-21(26)29-14-16-10-6-7-11-17(16)22)18(23-19(27)13-28-2)12-15-8-4-3-5-9-15/h3-11,18H,12-14H2,1-2H3,(H,23,27)/t18-/m0/s1. The van der Waals surface area contributed by atoms with Crippen molar-refractivity contribution in [1.29, 1.82) is 0 Å². The molecule has 0 fully saturated rings. The number of aromatic nitrogens is 3. The molecule has 1 heterocycles. The van der Waals surface area contributed by atoms with Gasteiger partial charge in [-0.2, -0.15) is 0 Å². The number of rotatable bonds is 9. The number of hydrogen-bond acceptors (Lipinski definition) is 5. The van der Waals surface area contributed by atoms with Crippen LogP contribution in [0.2, 0.25) is 0 Å². The van der Waals surface area contributed by atoms with Crippen LogP contribution in [0.25, 0.3) is 0 Å². The van der Waals surface area contributed by atoms with Gasteiger partial charge in [0.15, 0.2) is 11.0 Å². The number of ether oxygens (including phenoxy) is 1. The van der Waals surface area contributed by atoms with Crippen LogP contribution < -0.4 is 5.32 Å². The van der Waals surface area contributed by atoms with Crippen LogP contribution in [0, 0.1) is 5.82 Å². The largest absolute Gasteiger partial charge is 0.375 e. The maximum atomic E-state index is 13.9. The van der Waals surface area contributed by atoms with Gasteiger partial charge in [-0.25, -0.2) is 4.39 Å². The van der Waals surface area contributed by atoms with Gasteiger partial charge in [0.1, 0.15) is 12.4 Å². The second-order valence-electron chi connectivity index (χ2n) is 6.52. The monoisotopic (exact) mass is 414 g/mol. The molecule has 1 aromatic heterocycles. The van der Waals surface area contributed by atoms with Crippen LogP contribution in [0.15, 0.2) is 59.8 Å². The number of thioether (sulfide) groups is 1. The van der Waals surface area contributed by atoms with Gasteiger partial charge in [-0.3, -0.25) is 4.79 Å². The molecule has 0 spiro atoms. The number of hydrogen-bond donors (Lipinski definition) is 1. The van der Waals surface area contributed by atoms with Gasteiger partial charge in [0.2, 0.25) is 5.91 Å². The van der Waals surface area contributed by atoms with Crippen LogP contribution >= 0.6 is 11.8 Å². The molecule has 0 radical (unpaired) electrons. The number of carbonyl (C=O) groups is 1. The molecule has 6 nitrogen and oxygen atoms in total. The van der Waals surface area contributed by atoms with Crippen molar-refractivity contribution in [3.63, 3.8) is 0 Å². The zero-order valence-electron chi connectivity index (χ0n) is 16.3. The SMILES string of the molecule is COCC(=O)N[C@@H](Cc1ccccc1)c1nnc(SCc2ccccc2F)n1C. The summed E-state index contributed by atoms with van der Waals surface area (Å²) in [7, 11) is 3.32. The molecule has 1 N–H and O–H groups in total. The van der Waals surface area contributed by atoms with Crippen LogP contribution in [-0.4, -0.2) is 34.4 Å². The molecule has 3 aromatic rings. The molecule has 152 valence electrons. The Labute approximate surface area is 173 Å². The van der Waals surface area contributed by atoms with Crippen LogP contribution in [0.4, 0.5) is 4.39 Å². The molecule has 0 aliphatic heterocycles. The van der Waals surface area contributed by atoms with E-state index in [4.69, 9.17) is 4.74 Å². The fraction of sp³-hybridized carbons (Fsp3) is 0.286. The molecular weight excluding hydrogens is 391 g/mol. The van der Waals surface area contributed by atoms with Crippen molar-refractivity contribution in [3.05, 3.63) is 77.4 Å². The highest BCUT2D eigenvalue weighted by atomic mass is 32.2. The molecule has 29 heavy (non-hydrogen) atoms. The van der Waals surface area contributed by atoms with E-state index in [1.807, 2.05) is 48.0 Å². The van der Waals surface area contributed by atoms with Gasteiger partial charge in [-0.05, 0) is 23.6 Å². The van der Waals surface area contributed by atoms with Crippen LogP contribution in [0.5, 0.6) is 0 Å². The number of methoxy groups -OCH3 is 1. The summed E-state index contributed by atoms with van der Waals surface area (Å²) in [6.07, 6.45) is 0.570. The average Bonchev–Trinajstić information content (AvgIpc) is 3.08. The molecule has 0 aliphatic rings. The van der Waals surface area contributed by atoms with E-state index in [0.717, 1.165) is 5.56 Å². The Balaban J connectivity index is 1.78. The molecule has 8 heteroatoms. The van der Waals surface area contributed by atoms with E-state index < -0.39 is 0 Å². The fourth-order valence-electron chi connectivity index (χ4n) is 2.94. The number of carbonyl (C=O) groups excluding carboxylic acids is 1. The van der Waals surface area contributed by atoms with Crippen LogP contribution in [0.1, 0.15) is 23.0 Å². The highest BCUT2D eigenvalue weighted by molar-refractivity contribution is 7.98. The van der Waals surface area contributed by atoms with Gasteiger partial charge in [0, 0.05) is 19.9 Å². The molecule has 0 saturated heterocycles. The zero-order chi connectivity index (χ0) is 20.6. The number of amides is 1. The third-order valence-corrected chi connectivity index (χ3v) is 5.46. The summed E-state index contributed by atoms with van der Waals surface area (Å²) in [5.74, 6) is 0.611. The molecule has 1 amide bonds.